The number of aliphatic carboxylic acids is 1. The van der Waals surface area contributed by atoms with Gasteiger partial charge >= 0.3 is 11.9 Å². The highest BCUT2D eigenvalue weighted by atomic mass is 35.5. The topological polar surface area (TPSA) is 88.3 Å². The van der Waals surface area contributed by atoms with Crippen LogP contribution in [0.25, 0.3) is 0 Å². The molecule has 0 saturated carbocycles. The second kappa shape index (κ2) is 9.42. The first-order valence-electron chi connectivity index (χ1n) is 6.79. The fraction of sp³-hybridized carbons (Fsp3) is 0.429. The van der Waals surface area contributed by atoms with Crippen molar-refractivity contribution < 1.29 is 23.8 Å². The predicted molar refractivity (Wildman–Crippen MR) is 82.8 cm³/mol. The summed E-state index contributed by atoms with van der Waals surface area (Å²) in [5.74, 6) is -2.35. The van der Waals surface area contributed by atoms with Gasteiger partial charge in [0.1, 0.15) is 0 Å². The molecule has 1 rings (SSSR count). The molecule has 1 atom stereocenters. The highest BCUT2D eigenvalue weighted by Gasteiger charge is 2.19. The Hall–Kier alpha value is -1.73. The molecule has 1 N–H and O–H groups in total. The van der Waals surface area contributed by atoms with Crippen molar-refractivity contribution in [1.82, 2.24) is 0 Å². The zero-order valence-electron chi connectivity index (χ0n) is 12.3. The minimum Gasteiger partial charge on any atom is -0.481 e. The minimum atomic E-state index is -0.971. The number of halogens is 3. The minimum absolute atomic E-state index is 0.0976. The summed E-state index contributed by atoms with van der Waals surface area (Å²) < 4.78 is 18.2. The Bertz CT molecular complexity index is 587. The standard InChI is InChI=1S/C14H15Cl2FN2O4/c1-2-23-14(22)11(4-3-5-12(20)21)19-18-8-6-9(15)13(17)10(16)7-8/h6-7,11H,2-5H2,1H3,(H,20,21). The van der Waals surface area contributed by atoms with Crippen LogP contribution in [0.3, 0.4) is 0 Å². The Balaban J connectivity index is 2.86. The van der Waals surface area contributed by atoms with Crippen molar-refractivity contribution in [3.05, 3.63) is 28.0 Å². The fourth-order valence-corrected chi connectivity index (χ4v) is 2.12. The molecule has 0 amide bonds. The highest BCUT2D eigenvalue weighted by Crippen LogP contribution is 2.29. The Labute approximate surface area is 142 Å². The number of carboxylic acid groups (broad SMARTS) is 1. The largest absolute Gasteiger partial charge is 0.481 e. The van der Waals surface area contributed by atoms with Crippen LogP contribution in [0.5, 0.6) is 0 Å². The Morgan fingerprint density at radius 3 is 2.48 bits per heavy atom. The molecule has 9 heteroatoms. The van der Waals surface area contributed by atoms with Gasteiger partial charge in [-0.2, -0.15) is 10.2 Å². The summed E-state index contributed by atoms with van der Waals surface area (Å²) in [6.45, 7) is 1.81. The van der Waals surface area contributed by atoms with Crippen LogP contribution in [0, 0.1) is 5.82 Å². The van der Waals surface area contributed by atoms with Crippen LogP contribution in [0.15, 0.2) is 22.4 Å². The number of carboxylic acids is 1. The first-order valence-corrected chi connectivity index (χ1v) is 7.54. The summed E-state index contributed by atoms with van der Waals surface area (Å²) in [4.78, 5) is 22.3. The van der Waals surface area contributed by atoms with Gasteiger partial charge in [0.15, 0.2) is 11.9 Å². The van der Waals surface area contributed by atoms with E-state index in [2.05, 4.69) is 10.2 Å². The van der Waals surface area contributed by atoms with Crippen LogP contribution < -0.4 is 0 Å². The predicted octanol–water partition coefficient (Wildman–Crippen LogP) is 4.40. The van der Waals surface area contributed by atoms with Crippen molar-refractivity contribution in [1.29, 1.82) is 0 Å². The van der Waals surface area contributed by atoms with Gasteiger partial charge in [-0.15, -0.1) is 0 Å². The first kappa shape index (κ1) is 19.3. The quantitative estimate of drug-likeness (QED) is 0.420. The molecule has 0 bridgehead atoms. The Morgan fingerprint density at radius 1 is 1.35 bits per heavy atom. The molecule has 1 aromatic carbocycles. The third-order valence-corrected chi connectivity index (χ3v) is 3.26. The molecule has 23 heavy (non-hydrogen) atoms. The number of benzene rings is 1. The van der Waals surface area contributed by atoms with Crippen molar-refractivity contribution >= 4 is 40.8 Å². The average molecular weight is 365 g/mol. The van der Waals surface area contributed by atoms with E-state index >= 15 is 0 Å². The van der Waals surface area contributed by atoms with Gasteiger partial charge < -0.3 is 9.84 Å². The van der Waals surface area contributed by atoms with Gasteiger partial charge in [-0.05, 0) is 31.9 Å². The summed E-state index contributed by atoms with van der Waals surface area (Å²) in [5, 5.41) is 15.8. The molecule has 0 aromatic heterocycles. The molecule has 0 heterocycles. The maximum atomic E-state index is 13.3. The van der Waals surface area contributed by atoms with E-state index in [9.17, 15) is 14.0 Å². The molecule has 126 valence electrons. The fourth-order valence-electron chi connectivity index (χ4n) is 1.64. The van der Waals surface area contributed by atoms with Gasteiger partial charge in [0.05, 0.1) is 22.3 Å². The molecule has 1 unspecified atom stereocenters. The number of carbonyl (C=O) groups is 2. The van der Waals surface area contributed by atoms with Crippen LogP contribution >= 0.6 is 23.2 Å². The number of azo groups is 1. The third kappa shape index (κ3) is 6.50. The maximum Gasteiger partial charge on any atom is 0.332 e. The van der Waals surface area contributed by atoms with Crippen LogP contribution in [0.1, 0.15) is 26.2 Å². The van der Waals surface area contributed by atoms with Crippen LogP contribution in [0.2, 0.25) is 10.0 Å². The van der Waals surface area contributed by atoms with Gasteiger partial charge in [0, 0.05) is 6.42 Å². The van der Waals surface area contributed by atoms with E-state index in [-0.39, 0.29) is 41.6 Å². The Kier molecular flexibility index (Phi) is 7.91. The smallest absolute Gasteiger partial charge is 0.332 e. The zero-order valence-corrected chi connectivity index (χ0v) is 13.8. The summed E-state index contributed by atoms with van der Waals surface area (Å²) in [7, 11) is 0. The van der Waals surface area contributed by atoms with Crippen LogP contribution in [0.4, 0.5) is 10.1 Å². The van der Waals surface area contributed by atoms with Gasteiger partial charge in [-0.1, -0.05) is 23.2 Å². The molecular formula is C14H15Cl2FN2O4. The molecule has 0 saturated heterocycles. The second-order valence-corrected chi connectivity index (χ2v) is 5.31. The number of carbonyl (C=O) groups excluding carboxylic acids is 1. The number of ether oxygens (including phenoxy) is 1. The molecular weight excluding hydrogens is 350 g/mol. The van der Waals surface area contributed by atoms with E-state index < -0.39 is 23.8 Å². The molecule has 0 aliphatic rings. The maximum absolute atomic E-state index is 13.3. The van der Waals surface area contributed by atoms with Crippen molar-refractivity contribution in [2.24, 2.45) is 10.2 Å². The SMILES string of the molecule is CCOC(=O)C(CCCC(=O)O)N=Nc1cc(Cl)c(F)c(Cl)c1. The van der Waals surface area contributed by atoms with Crippen LogP contribution in [-0.4, -0.2) is 29.7 Å². The summed E-state index contributed by atoms with van der Waals surface area (Å²) in [6, 6.07) is 1.48. The molecule has 0 aliphatic carbocycles. The number of hydrogen-bond acceptors (Lipinski definition) is 5. The van der Waals surface area contributed by atoms with Gasteiger partial charge in [0.2, 0.25) is 0 Å². The number of rotatable bonds is 8. The van der Waals surface area contributed by atoms with E-state index in [4.69, 9.17) is 33.0 Å². The number of esters is 1. The van der Waals surface area contributed by atoms with Crippen molar-refractivity contribution in [2.45, 2.75) is 32.2 Å². The van der Waals surface area contributed by atoms with Crippen molar-refractivity contribution in [2.75, 3.05) is 6.61 Å². The normalized spacial score (nSPS) is 12.3. The average Bonchev–Trinajstić information content (AvgIpc) is 2.47. The van der Waals surface area contributed by atoms with Gasteiger partial charge in [-0.3, -0.25) is 4.79 Å². The number of hydrogen-bond donors (Lipinski definition) is 1. The van der Waals surface area contributed by atoms with Gasteiger partial charge in [0.25, 0.3) is 0 Å². The van der Waals surface area contributed by atoms with Crippen LogP contribution in [-0.2, 0) is 14.3 Å². The second-order valence-electron chi connectivity index (χ2n) is 4.49. The lowest BCUT2D eigenvalue weighted by Gasteiger charge is -2.09. The summed E-state index contributed by atoms with van der Waals surface area (Å²) in [6.07, 6.45) is 0.305. The van der Waals surface area contributed by atoms with Crippen molar-refractivity contribution in [3.63, 3.8) is 0 Å². The van der Waals surface area contributed by atoms with E-state index in [1.807, 2.05) is 0 Å². The van der Waals surface area contributed by atoms with Crippen molar-refractivity contribution in [3.8, 4) is 0 Å². The monoisotopic (exact) mass is 364 g/mol. The molecule has 6 nitrogen and oxygen atoms in total. The van der Waals surface area contributed by atoms with E-state index in [0.717, 1.165) is 0 Å². The molecule has 0 fully saturated rings. The lowest BCUT2D eigenvalue weighted by Crippen LogP contribution is -2.21. The van der Waals surface area contributed by atoms with Gasteiger partial charge in [-0.25, -0.2) is 9.18 Å². The first-order chi connectivity index (χ1) is 10.8. The molecule has 0 aliphatic heterocycles. The lowest BCUT2D eigenvalue weighted by atomic mass is 10.1. The number of nitrogens with zero attached hydrogens (tertiary/aromatic N) is 2. The third-order valence-electron chi connectivity index (χ3n) is 2.71. The summed E-state index contributed by atoms with van der Waals surface area (Å²) in [5.41, 5.74) is 0.175. The van der Waals surface area contributed by atoms with E-state index in [0.29, 0.717) is 0 Å². The molecule has 0 spiro atoms. The molecule has 0 radical (unpaired) electrons. The zero-order chi connectivity index (χ0) is 17.4. The van der Waals surface area contributed by atoms with E-state index in [1.165, 1.54) is 12.1 Å². The highest BCUT2D eigenvalue weighted by molar-refractivity contribution is 6.35. The molecule has 1 aromatic rings. The lowest BCUT2D eigenvalue weighted by molar-refractivity contribution is -0.145. The summed E-state index contributed by atoms with van der Waals surface area (Å²) >= 11 is 11.3. The Morgan fingerprint density at radius 2 is 1.96 bits per heavy atom. The van der Waals surface area contributed by atoms with E-state index in [1.54, 1.807) is 6.92 Å².